The van der Waals surface area contributed by atoms with Crippen molar-refractivity contribution in [3.63, 3.8) is 0 Å². The van der Waals surface area contributed by atoms with Gasteiger partial charge in [0.15, 0.2) is 0 Å². The molecule has 22 heavy (non-hydrogen) atoms. The van der Waals surface area contributed by atoms with Crippen LogP contribution >= 0.6 is 0 Å². The van der Waals surface area contributed by atoms with Crippen LogP contribution in [0.1, 0.15) is 34.7 Å². The predicted octanol–water partition coefficient (Wildman–Crippen LogP) is 2.77. The molecule has 1 aromatic carbocycles. The molecule has 5 nitrogen and oxygen atoms in total. The van der Waals surface area contributed by atoms with Crippen molar-refractivity contribution >= 4 is 16.8 Å². The fraction of sp³-hybridized carbons (Fsp3) is 0.235. The Balaban J connectivity index is 1.82. The van der Waals surface area contributed by atoms with Crippen LogP contribution in [0.2, 0.25) is 0 Å². The van der Waals surface area contributed by atoms with Crippen molar-refractivity contribution in [1.29, 1.82) is 0 Å². The second-order valence-electron chi connectivity index (χ2n) is 5.39. The van der Waals surface area contributed by atoms with Gasteiger partial charge in [0.1, 0.15) is 5.69 Å². The Morgan fingerprint density at radius 3 is 2.73 bits per heavy atom. The Morgan fingerprint density at radius 2 is 2.00 bits per heavy atom. The third kappa shape index (κ3) is 2.57. The monoisotopic (exact) mass is 294 g/mol. The largest absolute Gasteiger partial charge is 0.344 e. The van der Waals surface area contributed by atoms with E-state index < -0.39 is 0 Å². The van der Waals surface area contributed by atoms with E-state index in [2.05, 4.69) is 15.4 Å². The van der Waals surface area contributed by atoms with E-state index in [1.165, 1.54) is 0 Å². The molecule has 0 fully saturated rings. The first-order valence-electron chi connectivity index (χ1n) is 7.21. The molecule has 1 amide bonds. The van der Waals surface area contributed by atoms with Gasteiger partial charge in [-0.15, -0.1) is 0 Å². The van der Waals surface area contributed by atoms with E-state index in [0.29, 0.717) is 5.69 Å². The second-order valence-corrected chi connectivity index (χ2v) is 5.39. The van der Waals surface area contributed by atoms with Gasteiger partial charge in [0, 0.05) is 23.7 Å². The SMILES string of the molecule is Cc1c(C(C)NC(=O)c2ccc3ccccc3n2)cnn1C. The molecule has 5 heteroatoms. The van der Waals surface area contributed by atoms with E-state index >= 15 is 0 Å². The lowest BCUT2D eigenvalue weighted by Crippen LogP contribution is -2.27. The zero-order chi connectivity index (χ0) is 15.7. The molecule has 0 saturated heterocycles. The van der Waals surface area contributed by atoms with Gasteiger partial charge in [0.2, 0.25) is 0 Å². The van der Waals surface area contributed by atoms with Gasteiger partial charge >= 0.3 is 0 Å². The third-order valence-electron chi connectivity index (χ3n) is 3.92. The van der Waals surface area contributed by atoms with Crippen molar-refractivity contribution in [3.05, 3.63) is 59.5 Å². The first-order valence-corrected chi connectivity index (χ1v) is 7.21. The topological polar surface area (TPSA) is 59.8 Å². The van der Waals surface area contributed by atoms with Gasteiger partial charge in [0.05, 0.1) is 17.8 Å². The molecular formula is C17H18N4O. The summed E-state index contributed by atoms with van der Waals surface area (Å²) in [7, 11) is 1.89. The van der Waals surface area contributed by atoms with Crippen molar-refractivity contribution < 1.29 is 4.79 Å². The molecule has 3 aromatic rings. The summed E-state index contributed by atoms with van der Waals surface area (Å²) in [6.07, 6.45) is 1.79. The molecule has 0 spiro atoms. The Kier molecular flexibility index (Phi) is 3.63. The number of pyridine rings is 1. The molecule has 0 aliphatic carbocycles. The zero-order valence-electron chi connectivity index (χ0n) is 12.9. The predicted molar refractivity (Wildman–Crippen MR) is 85.6 cm³/mol. The number of aryl methyl sites for hydroxylation is 1. The number of benzene rings is 1. The minimum atomic E-state index is -0.179. The highest BCUT2D eigenvalue weighted by atomic mass is 16.1. The maximum absolute atomic E-state index is 12.4. The molecule has 0 saturated carbocycles. The molecule has 2 heterocycles. The lowest BCUT2D eigenvalue weighted by Gasteiger charge is -2.13. The summed E-state index contributed by atoms with van der Waals surface area (Å²) in [4.78, 5) is 16.8. The average molecular weight is 294 g/mol. The standard InChI is InChI=1S/C17H18N4O/c1-11(14-10-18-21(3)12(14)2)19-17(22)16-9-8-13-6-4-5-7-15(13)20-16/h4-11H,1-3H3,(H,19,22). The van der Waals surface area contributed by atoms with Crippen LogP contribution in [0, 0.1) is 6.92 Å². The fourth-order valence-corrected chi connectivity index (χ4v) is 2.48. The van der Waals surface area contributed by atoms with Gasteiger partial charge in [-0.3, -0.25) is 9.48 Å². The van der Waals surface area contributed by atoms with E-state index in [9.17, 15) is 4.79 Å². The lowest BCUT2D eigenvalue weighted by molar-refractivity contribution is 0.0935. The Bertz CT molecular complexity index is 838. The normalized spacial score (nSPS) is 12.3. The van der Waals surface area contributed by atoms with Crippen molar-refractivity contribution in [2.24, 2.45) is 7.05 Å². The maximum Gasteiger partial charge on any atom is 0.270 e. The zero-order valence-corrected chi connectivity index (χ0v) is 12.9. The van der Waals surface area contributed by atoms with E-state index in [4.69, 9.17) is 0 Å². The summed E-state index contributed by atoms with van der Waals surface area (Å²) in [6, 6.07) is 11.3. The fourth-order valence-electron chi connectivity index (χ4n) is 2.48. The number of hydrogen-bond acceptors (Lipinski definition) is 3. The smallest absolute Gasteiger partial charge is 0.270 e. The summed E-state index contributed by atoms with van der Waals surface area (Å²) < 4.78 is 1.80. The number of carbonyl (C=O) groups is 1. The molecule has 0 aliphatic heterocycles. The van der Waals surface area contributed by atoms with Gasteiger partial charge < -0.3 is 5.32 Å². The molecule has 0 aliphatic rings. The van der Waals surface area contributed by atoms with Crippen molar-refractivity contribution in [1.82, 2.24) is 20.1 Å². The van der Waals surface area contributed by atoms with Crippen molar-refractivity contribution in [2.45, 2.75) is 19.9 Å². The molecule has 1 atom stereocenters. The average Bonchev–Trinajstić information content (AvgIpc) is 2.86. The van der Waals surface area contributed by atoms with E-state index in [-0.39, 0.29) is 11.9 Å². The minimum Gasteiger partial charge on any atom is -0.344 e. The molecule has 112 valence electrons. The summed E-state index contributed by atoms with van der Waals surface area (Å²) in [5.74, 6) is -0.179. The van der Waals surface area contributed by atoms with Crippen LogP contribution in [0.15, 0.2) is 42.6 Å². The van der Waals surface area contributed by atoms with Gasteiger partial charge in [-0.1, -0.05) is 24.3 Å². The van der Waals surface area contributed by atoms with Crippen LogP contribution in [0.25, 0.3) is 10.9 Å². The van der Waals surface area contributed by atoms with Gasteiger partial charge in [-0.05, 0) is 26.0 Å². The maximum atomic E-state index is 12.4. The number of nitrogens with one attached hydrogen (secondary N) is 1. The van der Waals surface area contributed by atoms with E-state index in [1.807, 2.05) is 51.2 Å². The Hall–Kier alpha value is -2.69. The highest BCUT2D eigenvalue weighted by Gasteiger charge is 2.16. The second kappa shape index (κ2) is 5.60. The van der Waals surface area contributed by atoms with Crippen LogP contribution in [-0.2, 0) is 7.05 Å². The summed E-state index contributed by atoms with van der Waals surface area (Å²) in [5, 5.41) is 8.21. The molecule has 1 unspecified atom stereocenters. The first-order chi connectivity index (χ1) is 10.6. The van der Waals surface area contributed by atoms with Crippen molar-refractivity contribution in [2.75, 3.05) is 0 Å². The number of amides is 1. The van der Waals surface area contributed by atoms with Gasteiger partial charge in [-0.25, -0.2) is 4.98 Å². The molecular weight excluding hydrogens is 276 g/mol. The van der Waals surface area contributed by atoms with Gasteiger partial charge in [-0.2, -0.15) is 5.10 Å². The Labute approximate surface area is 129 Å². The molecule has 1 N–H and O–H groups in total. The number of rotatable bonds is 3. The molecule has 0 radical (unpaired) electrons. The number of fused-ring (bicyclic) bond motifs is 1. The molecule has 3 rings (SSSR count). The van der Waals surface area contributed by atoms with Crippen LogP contribution < -0.4 is 5.32 Å². The van der Waals surface area contributed by atoms with Gasteiger partial charge in [0.25, 0.3) is 5.91 Å². The number of para-hydroxylation sites is 1. The Morgan fingerprint density at radius 1 is 1.23 bits per heavy atom. The number of carbonyl (C=O) groups excluding carboxylic acids is 1. The first kappa shape index (κ1) is 14.3. The van der Waals surface area contributed by atoms with Crippen LogP contribution in [-0.4, -0.2) is 20.7 Å². The third-order valence-corrected chi connectivity index (χ3v) is 3.92. The minimum absolute atomic E-state index is 0.116. The van der Waals surface area contributed by atoms with Crippen molar-refractivity contribution in [3.8, 4) is 0 Å². The summed E-state index contributed by atoms with van der Waals surface area (Å²) >= 11 is 0. The number of aromatic nitrogens is 3. The summed E-state index contributed by atoms with van der Waals surface area (Å²) in [6.45, 7) is 3.93. The molecule has 0 bridgehead atoms. The van der Waals surface area contributed by atoms with E-state index in [0.717, 1.165) is 22.2 Å². The highest BCUT2D eigenvalue weighted by molar-refractivity contribution is 5.95. The number of hydrogen-bond donors (Lipinski definition) is 1. The van der Waals surface area contributed by atoms with Crippen LogP contribution in [0.5, 0.6) is 0 Å². The number of nitrogens with zero attached hydrogens (tertiary/aromatic N) is 3. The summed E-state index contributed by atoms with van der Waals surface area (Å²) in [5.41, 5.74) is 3.29. The highest BCUT2D eigenvalue weighted by Crippen LogP contribution is 2.17. The van der Waals surface area contributed by atoms with E-state index in [1.54, 1.807) is 16.9 Å². The van der Waals surface area contributed by atoms with Crippen LogP contribution in [0.4, 0.5) is 0 Å². The quantitative estimate of drug-likeness (QED) is 0.808. The molecule has 2 aromatic heterocycles. The lowest BCUT2D eigenvalue weighted by atomic mass is 10.1. The van der Waals surface area contributed by atoms with Crippen LogP contribution in [0.3, 0.4) is 0 Å².